The van der Waals surface area contributed by atoms with Crippen LogP contribution in [0, 0.1) is 18.3 Å². The van der Waals surface area contributed by atoms with E-state index in [1.807, 2.05) is 18.9 Å². The van der Waals surface area contributed by atoms with Crippen molar-refractivity contribution in [3.8, 4) is 29.1 Å². The molecule has 0 bridgehead atoms. The molecular formula is C21H23N7O. The number of ether oxygens (including phenoxy) is 1. The lowest BCUT2D eigenvalue weighted by Crippen LogP contribution is -2.26. The molecule has 2 heterocycles. The van der Waals surface area contributed by atoms with Crippen LogP contribution in [0.5, 0.6) is 11.6 Å². The van der Waals surface area contributed by atoms with Gasteiger partial charge in [-0.2, -0.15) is 10.2 Å². The van der Waals surface area contributed by atoms with Gasteiger partial charge in [-0.3, -0.25) is 0 Å². The zero-order chi connectivity index (χ0) is 21.0. The number of nitriles is 1. The summed E-state index contributed by atoms with van der Waals surface area (Å²) in [5.41, 5.74) is 7.58. The van der Waals surface area contributed by atoms with Crippen molar-refractivity contribution in [2.24, 2.45) is 5.73 Å². The van der Waals surface area contributed by atoms with Gasteiger partial charge in [0, 0.05) is 43.7 Å². The summed E-state index contributed by atoms with van der Waals surface area (Å²) in [6.07, 6.45) is 3.35. The van der Waals surface area contributed by atoms with E-state index < -0.39 is 0 Å². The van der Waals surface area contributed by atoms with Crippen LogP contribution in [0.2, 0.25) is 0 Å². The molecule has 3 rings (SSSR count). The molecule has 0 aliphatic carbocycles. The maximum Gasteiger partial charge on any atom is 0.224 e. The molecule has 8 nitrogen and oxygen atoms in total. The van der Waals surface area contributed by atoms with E-state index in [0.717, 1.165) is 11.4 Å². The van der Waals surface area contributed by atoms with Crippen LogP contribution in [-0.2, 0) is 6.54 Å². The molecule has 0 radical (unpaired) electrons. The monoisotopic (exact) mass is 389 g/mol. The summed E-state index contributed by atoms with van der Waals surface area (Å²) in [6.45, 7) is 6.33. The van der Waals surface area contributed by atoms with E-state index in [0.29, 0.717) is 40.9 Å². The maximum atomic E-state index is 9.30. The molecule has 2 aromatic heterocycles. The van der Waals surface area contributed by atoms with Crippen molar-refractivity contribution < 1.29 is 4.74 Å². The van der Waals surface area contributed by atoms with Gasteiger partial charge in [-0.1, -0.05) is 0 Å². The number of hydrogen-bond donors (Lipinski definition) is 1. The molecule has 0 amide bonds. The normalized spacial score (nSPS) is 10.7. The van der Waals surface area contributed by atoms with E-state index >= 15 is 0 Å². The second-order valence-electron chi connectivity index (χ2n) is 6.86. The van der Waals surface area contributed by atoms with E-state index in [1.54, 1.807) is 36.7 Å². The molecule has 2 N–H and O–H groups in total. The molecule has 1 aromatic carbocycles. The Kier molecular flexibility index (Phi) is 6.00. The Hall–Kier alpha value is -3.57. The lowest BCUT2D eigenvalue weighted by Gasteiger charge is -2.23. The minimum Gasteiger partial charge on any atom is -0.438 e. The fraction of sp³-hybridized carbons (Fsp3) is 0.286. The Labute approximate surface area is 170 Å². The molecule has 0 aliphatic rings. The lowest BCUT2D eigenvalue weighted by atomic mass is 10.1. The third-order valence-electron chi connectivity index (χ3n) is 4.44. The van der Waals surface area contributed by atoms with Crippen LogP contribution in [0.3, 0.4) is 0 Å². The number of benzene rings is 1. The van der Waals surface area contributed by atoms with Gasteiger partial charge in [0.25, 0.3) is 0 Å². The van der Waals surface area contributed by atoms with Crippen LogP contribution in [-0.4, -0.2) is 33.0 Å². The number of aromatic nitrogens is 4. The first-order valence-electron chi connectivity index (χ1n) is 9.23. The van der Waals surface area contributed by atoms with Crippen molar-refractivity contribution in [3.05, 3.63) is 53.6 Å². The Morgan fingerprint density at radius 3 is 2.52 bits per heavy atom. The molecule has 148 valence electrons. The lowest BCUT2D eigenvalue weighted by molar-refractivity contribution is 0.460. The Balaban J connectivity index is 2.03. The fourth-order valence-corrected chi connectivity index (χ4v) is 2.60. The summed E-state index contributed by atoms with van der Waals surface area (Å²) in [7, 11) is 1.96. The summed E-state index contributed by atoms with van der Waals surface area (Å²) >= 11 is 0. The van der Waals surface area contributed by atoms with Crippen LogP contribution in [0.1, 0.15) is 30.8 Å². The quantitative estimate of drug-likeness (QED) is 0.683. The number of nitrogens with two attached hydrogens (primary N) is 1. The number of anilines is 1. The molecule has 0 saturated carbocycles. The topological polar surface area (TPSA) is 114 Å². The Morgan fingerprint density at radius 1 is 1.17 bits per heavy atom. The number of rotatable bonds is 6. The van der Waals surface area contributed by atoms with Crippen molar-refractivity contribution in [2.45, 2.75) is 33.4 Å². The minimum atomic E-state index is 0.268. The molecule has 0 saturated heterocycles. The third-order valence-corrected chi connectivity index (χ3v) is 4.44. The summed E-state index contributed by atoms with van der Waals surface area (Å²) in [4.78, 5) is 19.6. The molecular weight excluding hydrogens is 366 g/mol. The second-order valence-corrected chi connectivity index (χ2v) is 6.86. The van der Waals surface area contributed by atoms with E-state index in [9.17, 15) is 5.26 Å². The van der Waals surface area contributed by atoms with Crippen molar-refractivity contribution in [1.29, 1.82) is 5.26 Å². The molecule has 3 aromatic rings. The zero-order valence-corrected chi connectivity index (χ0v) is 16.9. The van der Waals surface area contributed by atoms with Gasteiger partial charge >= 0.3 is 0 Å². The smallest absolute Gasteiger partial charge is 0.224 e. The number of aryl methyl sites for hydroxylation is 1. The molecule has 0 fully saturated rings. The van der Waals surface area contributed by atoms with Crippen LogP contribution in [0.15, 0.2) is 36.7 Å². The SMILES string of the molecule is Cc1nc(Oc2cc(C#N)ccc2-c2ncc(CN)cn2)cc(N(C)C(C)C)n1. The van der Waals surface area contributed by atoms with Crippen LogP contribution >= 0.6 is 0 Å². The van der Waals surface area contributed by atoms with E-state index in [1.165, 1.54) is 0 Å². The van der Waals surface area contributed by atoms with Crippen LogP contribution < -0.4 is 15.4 Å². The summed E-state index contributed by atoms with van der Waals surface area (Å²) in [5.74, 6) is 2.65. The van der Waals surface area contributed by atoms with Gasteiger partial charge in [-0.15, -0.1) is 0 Å². The molecule has 0 aliphatic heterocycles. The highest BCUT2D eigenvalue weighted by Crippen LogP contribution is 2.32. The molecule has 29 heavy (non-hydrogen) atoms. The van der Waals surface area contributed by atoms with Gasteiger partial charge < -0.3 is 15.4 Å². The molecule has 0 atom stereocenters. The van der Waals surface area contributed by atoms with E-state index in [-0.39, 0.29) is 6.04 Å². The van der Waals surface area contributed by atoms with Crippen molar-refractivity contribution in [1.82, 2.24) is 19.9 Å². The van der Waals surface area contributed by atoms with Crippen LogP contribution in [0.4, 0.5) is 5.82 Å². The summed E-state index contributed by atoms with van der Waals surface area (Å²) in [6, 6.07) is 9.28. The van der Waals surface area contributed by atoms with Crippen molar-refractivity contribution >= 4 is 5.82 Å². The average molecular weight is 389 g/mol. The second kappa shape index (κ2) is 8.63. The molecule has 0 spiro atoms. The maximum absolute atomic E-state index is 9.30. The average Bonchev–Trinajstić information content (AvgIpc) is 2.72. The minimum absolute atomic E-state index is 0.268. The van der Waals surface area contributed by atoms with Gasteiger partial charge in [-0.25, -0.2) is 15.0 Å². The van der Waals surface area contributed by atoms with Gasteiger partial charge in [0.05, 0.1) is 17.2 Å². The summed E-state index contributed by atoms with van der Waals surface area (Å²) < 4.78 is 6.08. The first-order chi connectivity index (χ1) is 13.9. The standard InChI is InChI=1S/C21H23N7O/c1-13(2)28(4)19-8-20(27-14(3)26-19)29-18-7-15(9-22)5-6-17(18)21-24-11-16(10-23)12-25-21/h5-8,11-13H,10,23H2,1-4H3. The largest absolute Gasteiger partial charge is 0.438 e. The van der Waals surface area contributed by atoms with Gasteiger partial charge in [0.2, 0.25) is 5.88 Å². The third kappa shape index (κ3) is 4.65. The number of nitrogens with zero attached hydrogens (tertiary/aromatic N) is 6. The Bertz CT molecular complexity index is 1040. The van der Waals surface area contributed by atoms with Crippen LogP contribution in [0.25, 0.3) is 11.4 Å². The van der Waals surface area contributed by atoms with E-state index in [4.69, 9.17) is 10.5 Å². The van der Waals surface area contributed by atoms with E-state index in [2.05, 4.69) is 39.9 Å². The Morgan fingerprint density at radius 2 is 1.90 bits per heavy atom. The zero-order valence-electron chi connectivity index (χ0n) is 16.9. The first-order valence-corrected chi connectivity index (χ1v) is 9.23. The fourth-order valence-electron chi connectivity index (χ4n) is 2.60. The summed E-state index contributed by atoms with van der Waals surface area (Å²) in [5, 5.41) is 9.30. The van der Waals surface area contributed by atoms with Gasteiger partial charge in [-0.05, 0) is 39.0 Å². The molecule has 0 unspecified atom stereocenters. The highest BCUT2D eigenvalue weighted by Gasteiger charge is 2.15. The first kappa shape index (κ1) is 20.2. The highest BCUT2D eigenvalue weighted by molar-refractivity contribution is 5.66. The van der Waals surface area contributed by atoms with Gasteiger partial charge in [0.15, 0.2) is 5.82 Å². The molecule has 8 heteroatoms. The number of hydrogen-bond acceptors (Lipinski definition) is 8. The predicted molar refractivity (Wildman–Crippen MR) is 110 cm³/mol. The predicted octanol–water partition coefficient (Wildman–Crippen LogP) is 3.21. The van der Waals surface area contributed by atoms with Crippen molar-refractivity contribution in [2.75, 3.05) is 11.9 Å². The highest BCUT2D eigenvalue weighted by atomic mass is 16.5. The van der Waals surface area contributed by atoms with Gasteiger partial charge in [0.1, 0.15) is 17.4 Å². The van der Waals surface area contributed by atoms with Crippen molar-refractivity contribution in [3.63, 3.8) is 0 Å².